The van der Waals surface area contributed by atoms with Crippen LogP contribution in [0.2, 0.25) is 0 Å². The van der Waals surface area contributed by atoms with Gasteiger partial charge in [-0.1, -0.05) is 13.8 Å². The maximum atomic E-state index is 4.63. The van der Waals surface area contributed by atoms with E-state index in [-0.39, 0.29) is 0 Å². The Kier molecular flexibility index (Phi) is 4.02. The van der Waals surface area contributed by atoms with Gasteiger partial charge in [-0.25, -0.2) is 9.97 Å². The van der Waals surface area contributed by atoms with Crippen LogP contribution in [0.4, 0.5) is 5.82 Å². The fraction of sp³-hybridized carbons (Fsp3) is 0.385. The average molecular weight is 326 g/mol. The first-order valence-corrected chi connectivity index (χ1v) is 7.56. The summed E-state index contributed by atoms with van der Waals surface area (Å²) in [7, 11) is 1.90. The second-order valence-electron chi connectivity index (χ2n) is 4.43. The maximum Gasteiger partial charge on any atom is 0.163 e. The van der Waals surface area contributed by atoms with Crippen LogP contribution < -0.4 is 5.32 Å². The van der Waals surface area contributed by atoms with Crippen molar-refractivity contribution in [2.24, 2.45) is 0 Å². The van der Waals surface area contributed by atoms with E-state index in [4.69, 9.17) is 0 Å². The smallest absolute Gasteiger partial charge is 0.163 e. The molecule has 0 aliphatic carbocycles. The first-order chi connectivity index (χ1) is 8.54. The molecular formula is C13H16BrN3S. The molecule has 0 saturated heterocycles. The molecule has 0 atom stereocenters. The zero-order valence-electron chi connectivity index (χ0n) is 10.9. The number of thiophene rings is 1. The van der Waals surface area contributed by atoms with E-state index in [1.165, 1.54) is 5.56 Å². The van der Waals surface area contributed by atoms with Crippen LogP contribution in [0.3, 0.4) is 0 Å². The molecule has 18 heavy (non-hydrogen) atoms. The Hall–Kier alpha value is -0.940. The van der Waals surface area contributed by atoms with Crippen molar-refractivity contribution in [3.8, 4) is 11.4 Å². The number of anilines is 1. The Morgan fingerprint density at radius 1 is 1.28 bits per heavy atom. The Balaban J connectivity index is 2.60. The molecule has 0 spiro atoms. The maximum absolute atomic E-state index is 4.63. The molecule has 3 nitrogen and oxygen atoms in total. The quantitative estimate of drug-likeness (QED) is 0.906. The standard InChI is InChI=1S/C13H16BrN3S/c1-7(2)11-8(3)16-12(17-13(11)15-4)9-5-18-6-10(9)14/h5-7H,1-4H3,(H,15,16,17). The molecule has 1 N–H and O–H groups in total. The lowest BCUT2D eigenvalue weighted by molar-refractivity contribution is 0.833. The van der Waals surface area contributed by atoms with Gasteiger partial charge in [0.05, 0.1) is 0 Å². The van der Waals surface area contributed by atoms with Gasteiger partial charge >= 0.3 is 0 Å². The number of hydrogen-bond acceptors (Lipinski definition) is 4. The Morgan fingerprint density at radius 2 is 2.00 bits per heavy atom. The van der Waals surface area contributed by atoms with Gasteiger partial charge in [-0.2, -0.15) is 11.3 Å². The van der Waals surface area contributed by atoms with E-state index in [2.05, 4.69) is 50.4 Å². The summed E-state index contributed by atoms with van der Waals surface area (Å²) in [5.41, 5.74) is 3.28. The molecule has 0 aromatic carbocycles. The van der Waals surface area contributed by atoms with E-state index in [1.54, 1.807) is 11.3 Å². The second-order valence-corrected chi connectivity index (χ2v) is 6.03. The number of aromatic nitrogens is 2. The predicted octanol–water partition coefficient (Wildman–Crippen LogP) is 4.44. The number of hydrogen-bond donors (Lipinski definition) is 1. The summed E-state index contributed by atoms with van der Waals surface area (Å²) in [6, 6.07) is 0. The Bertz CT molecular complexity index is 563. The van der Waals surface area contributed by atoms with E-state index < -0.39 is 0 Å². The van der Waals surface area contributed by atoms with Gasteiger partial charge in [0.1, 0.15) is 5.82 Å². The third kappa shape index (κ3) is 2.42. The summed E-state index contributed by atoms with van der Waals surface area (Å²) in [5, 5.41) is 7.28. The minimum absolute atomic E-state index is 0.410. The van der Waals surface area contributed by atoms with Gasteiger partial charge in [-0.3, -0.25) is 0 Å². The van der Waals surface area contributed by atoms with Crippen LogP contribution in [0.5, 0.6) is 0 Å². The minimum atomic E-state index is 0.410. The summed E-state index contributed by atoms with van der Waals surface area (Å²) >= 11 is 5.18. The largest absolute Gasteiger partial charge is 0.373 e. The number of rotatable bonds is 3. The van der Waals surface area contributed by atoms with Crippen LogP contribution in [-0.2, 0) is 0 Å². The van der Waals surface area contributed by atoms with Gasteiger partial charge in [-0.05, 0) is 28.8 Å². The molecule has 2 aromatic rings. The predicted molar refractivity (Wildman–Crippen MR) is 81.4 cm³/mol. The van der Waals surface area contributed by atoms with Crippen LogP contribution in [0.1, 0.15) is 31.0 Å². The van der Waals surface area contributed by atoms with Gasteiger partial charge in [-0.15, -0.1) is 0 Å². The third-order valence-corrected chi connectivity index (χ3v) is 4.51. The molecule has 0 aliphatic heterocycles. The van der Waals surface area contributed by atoms with Gasteiger partial charge in [0.2, 0.25) is 0 Å². The van der Waals surface area contributed by atoms with Crippen LogP contribution in [0.25, 0.3) is 11.4 Å². The first-order valence-electron chi connectivity index (χ1n) is 5.83. The van der Waals surface area contributed by atoms with Gasteiger partial charge < -0.3 is 5.32 Å². The molecule has 0 radical (unpaired) electrons. The van der Waals surface area contributed by atoms with Crippen molar-refractivity contribution in [3.05, 3.63) is 26.5 Å². The van der Waals surface area contributed by atoms with Gasteiger partial charge in [0.25, 0.3) is 0 Å². The van der Waals surface area contributed by atoms with Crippen molar-refractivity contribution >= 4 is 33.1 Å². The second kappa shape index (κ2) is 5.36. The lowest BCUT2D eigenvalue weighted by Crippen LogP contribution is -2.06. The lowest BCUT2D eigenvalue weighted by Gasteiger charge is -2.15. The highest BCUT2D eigenvalue weighted by molar-refractivity contribution is 9.10. The Morgan fingerprint density at radius 3 is 2.50 bits per heavy atom. The highest BCUT2D eigenvalue weighted by Crippen LogP contribution is 2.32. The molecule has 2 heterocycles. The zero-order chi connectivity index (χ0) is 13.3. The molecule has 96 valence electrons. The third-order valence-electron chi connectivity index (χ3n) is 2.81. The normalized spacial score (nSPS) is 11.0. The number of nitrogens with one attached hydrogen (secondary N) is 1. The van der Waals surface area contributed by atoms with Crippen molar-refractivity contribution < 1.29 is 0 Å². The molecule has 0 aliphatic rings. The fourth-order valence-corrected chi connectivity index (χ4v) is 3.47. The van der Waals surface area contributed by atoms with Crippen molar-refractivity contribution in [2.75, 3.05) is 12.4 Å². The van der Waals surface area contributed by atoms with E-state index >= 15 is 0 Å². The highest BCUT2D eigenvalue weighted by atomic mass is 79.9. The molecule has 0 unspecified atom stereocenters. The number of halogens is 1. The molecule has 5 heteroatoms. The molecule has 2 rings (SSSR count). The minimum Gasteiger partial charge on any atom is -0.373 e. The van der Waals surface area contributed by atoms with Crippen LogP contribution >= 0.6 is 27.3 Å². The molecule has 0 fully saturated rings. The molecule has 2 aromatic heterocycles. The summed E-state index contributed by atoms with van der Waals surface area (Å²) in [6.07, 6.45) is 0. The molecule has 0 bridgehead atoms. The molecular weight excluding hydrogens is 310 g/mol. The van der Waals surface area contributed by atoms with Crippen molar-refractivity contribution in [1.82, 2.24) is 9.97 Å². The topological polar surface area (TPSA) is 37.8 Å². The SMILES string of the molecule is CNc1nc(-c2cscc2Br)nc(C)c1C(C)C. The first kappa shape index (κ1) is 13.5. The summed E-state index contributed by atoms with van der Waals surface area (Å²) in [4.78, 5) is 9.26. The van der Waals surface area contributed by atoms with E-state index in [0.29, 0.717) is 5.92 Å². The molecule has 0 amide bonds. The van der Waals surface area contributed by atoms with E-state index in [1.807, 2.05) is 19.4 Å². The Labute approximate surface area is 120 Å². The summed E-state index contributed by atoms with van der Waals surface area (Å²) in [6.45, 7) is 6.36. The average Bonchev–Trinajstić information content (AvgIpc) is 2.73. The lowest BCUT2D eigenvalue weighted by atomic mass is 10.0. The monoisotopic (exact) mass is 325 g/mol. The van der Waals surface area contributed by atoms with Gasteiger partial charge in [0.15, 0.2) is 5.82 Å². The number of aryl methyl sites for hydroxylation is 1. The van der Waals surface area contributed by atoms with E-state index in [0.717, 1.165) is 27.4 Å². The van der Waals surface area contributed by atoms with E-state index in [9.17, 15) is 0 Å². The van der Waals surface area contributed by atoms with Gasteiger partial charge in [0, 0.05) is 39.1 Å². The summed E-state index contributed by atoms with van der Waals surface area (Å²) in [5.74, 6) is 2.10. The van der Waals surface area contributed by atoms with Crippen LogP contribution in [0.15, 0.2) is 15.2 Å². The fourth-order valence-electron chi connectivity index (χ4n) is 2.02. The zero-order valence-corrected chi connectivity index (χ0v) is 13.3. The van der Waals surface area contributed by atoms with Crippen molar-refractivity contribution in [2.45, 2.75) is 26.7 Å². The number of nitrogens with zero attached hydrogens (tertiary/aromatic N) is 2. The van der Waals surface area contributed by atoms with Crippen molar-refractivity contribution in [1.29, 1.82) is 0 Å². The van der Waals surface area contributed by atoms with Crippen LogP contribution in [0, 0.1) is 6.92 Å². The molecule has 0 saturated carbocycles. The highest BCUT2D eigenvalue weighted by Gasteiger charge is 2.16. The summed E-state index contributed by atoms with van der Waals surface area (Å²) < 4.78 is 1.05. The van der Waals surface area contributed by atoms with Crippen molar-refractivity contribution in [3.63, 3.8) is 0 Å². The van der Waals surface area contributed by atoms with Crippen LogP contribution in [-0.4, -0.2) is 17.0 Å².